The molecule has 1 N–H and O–H groups in total. The Morgan fingerprint density at radius 2 is 1.94 bits per heavy atom. The van der Waals surface area contributed by atoms with Crippen LogP contribution in [0.15, 0.2) is 48.8 Å². The summed E-state index contributed by atoms with van der Waals surface area (Å²) in [5.74, 6) is 1.17. The molecule has 2 aromatic heterocycles. The molecule has 1 aromatic carbocycles. The van der Waals surface area contributed by atoms with Crippen molar-refractivity contribution < 1.29 is 4.39 Å². The van der Waals surface area contributed by atoms with E-state index in [-0.39, 0.29) is 0 Å². The number of pyridine rings is 1. The van der Waals surface area contributed by atoms with Crippen molar-refractivity contribution in [3.63, 3.8) is 0 Å². The normalized spacial score (nSPS) is 19.0. The predicted octanol–water partition coefficient (Wildman–Crippen LogP) is 4.59. The number of halogens is 1. The maximum absolute atomic E-state index is 13.6. The molecule has 0 bridgehead atoms. The van der Waals surface area contributed by atoms with Gasteiger partial charge in [-0.05, 0) is 82.1 Å². The van der Waals surface area contributed by atoms with Crippen LogP contribution in [0.3, 0.4) is 0 Å². The smallest absolute Gasteiger partial charge is 0.227 e. The molecular formula is C27H30FN7. The monoisotopic (exact) mass is 471 g/mol. The molecule has 8 heteroatoms. The van der Waals surface area contributed by atoms with Gasteiger partial charge in [-0.1, -0.05) is 6.07 Å². The van der Waals surface area contributed by atoms with E-state index in [1.54, 1.807) is 6.20 Å². The van der Waals surface area contributed by atoms with E-state index in [9.17, 15) is 9.65 Å². The lowest BCUT2D eigenvalue weighted by Crippen LogP contribution is -2.31. The number of likely N-dealkylation sites (tertiary alicyclic amines) is 1. The number of nitriles is 1. The summed E-state index contributed by atoms with van der Waals surface area (Å²) >= 11 is 0. The molecule has 4 heterocycles. The third-order valence-corrected chi connectivity index (χ3v) is 6.96. The fraction of sp³-hybridized carbons (Fsp3) is 0.407. The molecule has 2 aliphatic heterocycles. The summed E-state index contributed by atoms with van der Waals surface area (Å²) in [6.07, 6.45) is 6.65. The van der Waals surface area contributed by atoms with Gasteiger partial charge in [-0.25, -0.2) is 14.4 Å². The van der Waals surface area contributed by atoms with Gasteiger partial charge >= 0.3 is 0 Å². The molecule has 0 saturated carbocycles. The number of hydrogen-bond donors (Lipinski definition) is 1. The summed E-state index contributed by atoms with van der Waals surface area (Å²) in [6.45, 7) is 3.28. The second-order valence-corrected chi connectivity index (χ2v) is 9.56. The lowest BCUT2D eigenvalue weighted by molar-refractivity contribution is 0.218. The summed E-state index contributed by atoms with van der Waals surface area (Å²) < 4.78 is 13.6. The Kier molecular flexibility index (Phi) is 6.87. The highest BCUT2D eigenvalue weighted by atomic mass is 19.1. The average Bonchev–Trinajstić information content (AvgIpc) is 3.32. The molecule has 180 valence electrons. The minimum Gasteiger partial charge on any atom is -0.367 e. The minimum atomic E-state index is -0.838. The number of alkyl halides is 1. The first-order chi connectivity index (χ1) is 17.1. The Morgan fingerprint density at radius 1 is 1.09 bits per heavy atom. The quantitative estimate of drug-likeness (QED) is 0.563. The lowest BCUT2D eigenvalue weighted by atomic mass is 9.92. The third-order valence-electron chi connectivity index (χ3n) is 6.96. The first-order valence-corrected chi connectivity index (χ1v) is 12.2. The maximum Gasteiger partial charge on any atom is 0.227 e. The largest absolute Gasteiger partial charge is 0.367 e. The van der Waals surface area contributed by atoms with Gasteiger partial charge in [-0.3, -0.25) is 4.98 Å². The van der Waals surface area contributed by atoms with Crippen molar-refractivity contribution in [2.75, 3.05) is 43.4 Å². The lowest BCUT2D eigenvalue weighted by Gasteiger charge is -2.28. The zero-order chi connectivity index (χ0) is 24.2. The van der Waals surface area contributed by atoms with Gasteiger partial charge in [0.1, 0.15) is 12.2 Å². The van der Waals surface area contributed by atoms with E-state index >= 15 is 0 Å². The van der Waals surface area contributed by atoms with Crippen molar-refractivity contribution in [1.29, 1.82) is 5.26 Å². The molecular weight excluding hydrogens is 441 g/mol. The van der Waals surface area contributed by atoms with E-state index in [0.29, 0.717) is 42.6 Å². The van der Waals surface area contributed by atoms with Crippen molar-refractivity contribution in [3.05, 3.63) is 60.0 Å². The second kappa shape index (κ2) is 10.4. The van der Waals surface area contributed by atoms with Crippen LogP contribution in [-0.2, 0) is 6.42 Å². The molecule has 2 aliphatic rings. The van der Waals surface area contributed by atoms with Crippen LogP contribution >= 0.6 is 0 Å². The first kappa shape index (κ1) is 23.2. The number of rotatable bonds is 6. The van der Waals surface area contributed by atoms with E-state index in [4.69, 9.17) is 0 Å². The van der Waals surface area contributed by atoms with Gasteiger partial charge in [-0.2, -0.15) is 5.26 Å². The number of nitrogens with zero attached hydrogens (tertiary/aromatic N) is 6. The zero-order valence-electron chi connectivity index (χ0n) is 20.0. The molecule has 1 atom stereocenters. The Hall–Kier alpha value is -3.57. The van der Waals surface area contributed by atoms with Gasteiger partial charge in [0.25, 0.3) is 0 Å². The highest BCUT2D eigenvalue weighted by Gasteiger charge is 2.24. The summed E-state index contributed by atoms with van der Waals surface area (Å²) in [5, 5.41) is 12.9. The van der Waals surface area contributed by atoms with E-state index in [2.05, 4.69) is 44.4 Å². The van der Waals surface area contributed by atoms with E-state index in [1.165, 1.54) is 12.8 Å². The van der Waals surface area contributed by atoms with Crippen LogP contribution in [0.2, 0.25) is 0 Å². The SMILES string of the molecule is CN1CCC(Cc2ccc(Nc3nccc(-c4ccc(N5CC[C@H](F)C5)c(C#N)c4)n3)cn2)CC1. The number of hydrogen-bond acceptors (Lipinski definition) is 7. The zero-order valence-corrected chi connectivity index (χ0v) is 20.0. The molecule has 0 unspecified atom stereocenters. The first-order valence-electron chi connectivity index (χ1n) is 12.2. The molecule has 2 saturated heterocycles. The molecule has 2 fully saturated rings. The molecule has 5 rings (SSSR count). The van der Waals surface area contributed by atoms with Crippen LogP contribution in [0.25, 0.3) is 11.3 Å². The minimum absolute atomic E-state index is 0.334. The van der Waals surface area contributed by atoms with Gasteiger partial charge in [0, 0.05) is 30.5 Å². The fourth-order valence-electron chi connectivity index (χ4n) is 4.89. The Morgan fingerprint density at radius 3 is 2.66 bits per heavy atom. The standard InChI is InChI=1S/C27H30FN7/c1-34-11-7-19(8-12-34)14-23-3-4-24(17-31-23)32-27-30-10-6-25(33-27)20-2-5-26(21(15-20)16-29)35-13-9-22(28)18-35/h2-6,10,15,17,19,22H,7-9,11-14,18H2,1H3,(H,30,32,33)/t22-/m0/s1. The van der Waals surface area contributed by atoms with Crippen LogP contribution in [0, 0.1) is 17.2 Å². The molecule has 0 radical (unpaired) electrons. The van der Waals surface area contributed by atoms with Gasteiger partial charge in [0.05, 0.1) is 28.8 Å². The van der Waals surface area contributed by atoms with Gasteiger partial charge < -0.3 is 15.1 Å². The Bertz CT molecular complexity index is 1200. The number of aromatic nitrogens is 3. The van der Waals surface area contributed by atoms with Crippen LogP contribution in [0.1, 0.15) is 30.5 Å². The number of anilines is 3. The molecule has 3 aromatic rings. The summed E-state index contributed by atoms with van der Waals surface area (Å²) in [7, 11) is 2.18. The predicted molar refractivity (Wildman–Crippen MR) is 135 cm³/mol. The highest BCUT2D eigenvalue weighted by molar-refractivity contribution is 5.70. The number of nitrogens with one attached hydrogen (secondary N) is 1. The van der Waals surface area contributed by atoms with Crippen LogP contribution in [0.4, 0.5) is 21.7 Å². The summed E-state index contributed by atoms with van der Waals surface area (Å²) in [5.41, 5.74) is 4.77. The van der Waals surface area contributed by atoms with Crippen molar-refractivity contribution >= 4 is 17.3 Å². The molecule has 0 aliphatic carbocycles. The summed E-state index contributed by atoms with van der Waals surface area (Å²) in [4.78, 5) is 17.9. The fourth-order valence-corrected chi connectivity index (χ4v) is 4.89. The third kappa shape index (κ3) is 5.57. The maximum atomic E-state index is 13.6. The number of benzene rings is 1. The Balaban J connectivity index is 1.26. The van der Waals surface area contributed by atoms with E-state index < -0.39 is 6.17 Å². The van der Waals surface area contributed by atoms with Crippen molar-refractivity contribution in [1.82, 2.24) is 19.9 Å². The number of piperidine rings is 1. The topological polar surface area (TPSA) is 81.0 Å². The van der Waals surface area contributed by atoms with Gasteiger partial charge in [0.15, 0.2) is 0 Å². The van der Waals surface area contributed by atoms with Crippen LogP contribution in [-0.4, -0.2) is 59.3 Å². The van der Waals surface area contributed by atoms with E-state index in [1.807, 2.05) is 41.4 Å². The second-order valence-electron chi connectivity index (χ2n) is 9.56. The van der Waals surface area contributed by atoms with E-state index in [0.717, 1.165) is 42.1 Å². The van der Waals surface area contributed by atoms with Gasteiger partial charge in [-0.15, -0.1) is 0 Å². The van der Waals surface area contributed by atoms with Crippen LogP contribution < -0.4 is 10.2 Å². The molecule has 0 amide bonds. The molecule has 0 spiro atoms. The van der Waals surface area contributed by atoms with Crippen molar-refractivity contribution in [2.45, 2.75) is 31.9 Å². The van der Waals surface area contributed by atoms with Crippen LogP contribution in [0.5, 0.6) is 0 Å². The highest BCUT2D eigenvalue weighted by Crippen LogP contribution is 2.30. The summed E-state index contributed by atoms with van der Waals surface area (Å²) in [6, 6.07) is 13.8. The Labute approximate surface area is 205 Å². The average molecular weight is 472 g/mol. The van der Waals surface area contributed by atoms with Gasteiger partial charge in [0.2, 0.25) is 5.95 Å². The molecule has 35 heavy (non-hydrogen) atoms. The molecule has 7 nitrogen and oxygen atoms in total. The van der Waals surface area contributed by atoms with Crippen molar-refractivity contribution in [3.8, 4) is 17.3 Å². The van der Waals surface area contributed by atoms with Crippen molar-refractivity contribution in [2.24, 2.45) is 5.92 Å².